The van der Waals surface area contributed by atoms with Gasteiger partial charge in [0.15, 0.2) is 0 Å². The summed E-state index contributed by atoms with van der Waals surface area (Å²) < 4.78 is 4.28. The summed E-state index contributed by atoms with van der Waals surface area (Å²) in [5.41, 5.74) is 1.63. The van der Waals surface area contributed by atoms with E-state index in [0.717, 1.165) is 33.2 Å². The average molecular weight is 479 g/mol. The molecule has 1 fully saturated rings. The Morgan fingerprint density at radius 1 is 1.25 bits per heavy atom. The fourth-order valence-corrected chi connectivity index (χ4v) is 6.24. The van der Waals surface area contributed by atoms with Crippen LogP contribution in [0.15, 0.2) is 42.7 Å². The molecule has 1 aliphatic rings. The van der Waals surface area contributed by atoms with E-state index in [1.165, 1.54) is 23.6 Å². The summed E-state index contributed by atoms with van der Waals surface area (Å²) in [5, 5.41) is 5.03. The molecule has 0 saturated heterocycles. The number of aryl methyl sites for hydroxylation is 1. The molecule has 0 unspecified atom stereocenters. The van der Waals surface area contributed by atoms with Crippen LogP contribution in [0, 0.1) is 0 Å². The van der Waals surface area contributed by atoms with Gasteiger partial charge in [-0.2, -0.15) is 0 Å². The number of fused-ring (bicyclic) bond motifs is 1. The molecule has 2 aromatic heterocycles. The Kier molecular flexibility index (Phi) is 7.09. The second-order valence-corrected chi connectivity index (χ2v) is 9.96. The first kappa shape index (κ1) is 21.2. The summed E-state index contributed by atoms with van der Waals surface area (Å²) >= 11 is 5.83. The van der Waals surface area contributed by atoms with Crippen LogP contribution >= 0.6 is 24.0 Å². The number of rotatable bonds is 4. The van der Waals surface area contributed by atoms with E-state index >= 15 is 0 Å². The van der Waals surface area contributed by atoms with Crippen LogP contribution < -0.4 is 14.1 Å². The summed E-state index contributed by atoms with van der Waals surface area (Å²) in [6, 6.07) is 10.3. The number of halogens is 2. The maximum absolute atomic E-state index is 12.9. The number of amides is 1. The molecule has 1 amide bonds. The summed E-state index contributed by atoms with van der Waals surface area (Å²) in [6.45, 7) is 0. The van der Waals surface area contributed by atoms with E-state index in [9.17, 15) is 4.79 Å². The van der Waals surface area contributed by atoms with Crippen LogP contribution in [0.2, 0.25) is 5.02 Å². The van der Waals surface area contributed by atoms with Gasteiger partial charge in [-0.1, -0.05) is 0 Å². The third-order valence-corrected chi connectivity index (χ3v) is 7.67. The van der Waals surface area contributed by atoms with Gasteiger partial charge in [0.25, 0.3) is 0 Å². The average Bonchev–Trinajstić information content (AvgIpc) is 3.05. The second-order valence-electron chi connectivity index (χ2n) is 7.08. The zero-order chi connectivity index (χ0) is 18.8. The van der Waals surface area contributed by atoms with Crippen molar-refractivity contribution in [2.45, 2.75) is 38.1 Å². The molecule has 1 aliphatic carbocycles. The standard InChI is InChI=1S/C21H22AsClN3O.ClH/c1-26-11-10-17-19(26)18(21(27)25-16-8-3-2-4-9-16)13-24-20(17)22-14-6-5-7-15(23)12-14;/h5-7,10-13,16H,2-4,8-9H2,1H3,(H,25,27);1H. The van der Waals surface area contributed by atoms with Gasteiger partial charge in [-0.05, 0) is 0 Å². The van der Waals surface area contributed by atoms with E-state index in [1.807, 2.05) is 36.0 Å². The van der Waals surface area contributed by atoms with Crippen LogP contribution in [-0.4, -0.2) is 37.3 Å². The van der Waals surface area contributed by atoms with Crippen LogP contribution in [0.5, 0.6) is 0 Å². The fraction of sp³-hybridized carbons (Fsp3) is 0.333. The first-order chi connectivity index (χ1) is 13.1. The van der Waals surface area contributed by atoms with Gasteiger partial charge in [-0.3, -0.25) is 0 Å². The molecule has 0 spiro atoms. The Labute approximate surface area is 183 Å². The number of aromatic nitrogens is 2. The molecule has 2 heterocycles. The Balaban J connectivity index is 0.00000225. The van der Waals surface area contributed by atoms with E-state index in [2.05, 4.69) is 22.4 Å². The van der Waals surface area contributed by atoms with Crippen molar-refractivity contribution < 1.29 is 4.79 Å². The van der Waals surface area contributed by atoms with Crippen molar-refractivity contribution in [1.29, 1.82) is 0 Å². The van der Waals surface area contributed by atoms with Gasteiger partial charge in [-0.15, -0.1) is 12.4 Å². The molecule has 4 nitrogen and oxygen atoms in total. The number of nitrogens with zero attached hydrogens (tertiary/aromatic N) is 2. The first-order valence-corrected chi connectivity index (χ1v) is 11.6. The van der Waals surface area contributed by atoms with Gasteiger partial charge in [0.1, 0.15) is 0 Å². The molecule has 7 heteroatoms. The van der Waals surface area contributed by atoms with E-state index in [0.29, 0.717) is 11.6 Å². The molecule has 3 aromatic rings. The molecule has 4 rings (SSSR count). The zero-order valence-electron chi connectivity index (χ0n) is 15.7. The van der Waals surface area contributed by atoms with Crippen LogP contribution in [0.4, 0.5) is 0 Å². The summed E-state index contributed by atoms with van der Waals surface area (Å²) in [4.78, 5) is 17.6. The minimum absolute atomic E-state index is 0. The van der Waals surface area contributed by atoms with E-state index in [-0.39, 0.29) is 34.1 Å². The normalized spacial score (nSPS) is 15.1. The third-order valence-electron chi connectivity index (χ3n) is 5.11. The number of hydrogen-bond donors (Lipinski definition) is 1. The van der Waals surface area contributed by atoms with Gasteiger partial charge < -0.3 is 0 Å². The molecular weight excluding hydrogens is 456 g/mol. The number of pyridine rings is 1. The monoisotopic (exact) mass is 478 g/mol. The number of carbonyl (C=O) groups is 1. The molecule has 1 saturated carbocycles. The predicted octanol–water partition coefficient (Wildman–Crippen LogP) is 3.37. The van der Waals surface area contributed by atoms with Crippen molar-refractivity contribution in [3.63, 3.8) is 0 Å². The molecule has 0 atom stereocenters. The Morgan fingerprint density at radius 3 is 2.79 bits per heavy atom. The molecule has 1 aromatic carbocycles. The Hall–Kier alpha value is -1.48. The molecule has 1 radical (unpaired) electrons. The summed E-state index contributed by atoms with van der Waals surface area (Å²) in [6.07, 6.45) is 9.58. The van der Waals surface area contributed by atoms with Gasteiger partial charge in [0.2, 0.25) is 0 Å². The van der Waals surface area contributed by atoms with E-state index in [4.69, 9.17) is 11.6 Å². The van der Waals surface area contributed by atoms with Crippen molar-refractivity contribution in [2.24, 2.45) is 7.05 Å². The van der Waals surface area contributed by atoms with Crippen molar-refractivity contribution in [1.82, 2.24) is 14.9 Å². The zero-order valence-corrected chi connectivity index (χ0v) is 19.1. The molecule has 147 valence electrons. The van der Waals surface area contributed by atoms with Gasteiger partial charge in [0.05, 0.1) is 0 Å². The Bertz CT molecular complexity index is 983. The molecule has 1 N–H and O–H groups in total. The van der Waals surface area contributed by atoms with Crippen molar-refractivity contribution in [2.75, 3.05) is 0 Å². The Morgan fingerprint density at radius 2 is 2.04 bits per heavy atom. The quantitative estimate of drug-likeness (QED) is 0.584. The molecule has 28 heavy (non-hydrogen) atoms. The van der Waals surface area contributed by atoms with Crippen molar-refractivity contribution in [3.05, 3.63) is 53.3 Å². The van der Waals surface area contributed by atoms with Crippen molar-refractivity contribution in [3.8, 4) is 0 Å². The van der Waals surface area contributed by atoms with Crippen LogP contribution in [0.3, 0.4) is 0 Å². The van der Waals surface area contributed by atoms with Crippen LogP contribution in [0.1, 0.15) is 42.5 Å². The summed E-state index contributed by atoms with van der Waals surface area (Å²) in [5.74, 6) is -0.00763. The van der Waals surface area contributed by atoms with Crippen LogP contribution in [0.25, 0.3) is 10.9 Å². The van der Waals surface area contributed by atoms with Crippen molar-refractivity contribution >= 4 is 65.4 Å². The maximum atomic E-state index is 12.9. The number of nitrogens with one attached hydrogen (secondary N) is 1. The summed E-state index contributed by atoms with van der Waals surface area (Å²) in [7, 11) is 1.99. The van der Waals surface area contributed by atoms with E-state index < -0.39 is 0 Å². The SMILES string of the molecule is Cl.Cn1ccc2c([As]c3cccc(Cl)c3)ncc(C(=O)NC3CCCCC3)c21. The number of hydrogen-bond acceptors (Lipinski definition) is 2. The van der Waals surface area contributed by atoms with Gasteiger partial charge >= 0.3 is 171 Å². The molecule has 0 aliphatic heterocycles. The van der Waals surface area contributed by atoms with Gasteiger partial charge in [0, 0.05) is 0 Å². The van der Waals surface area contributed by atoms with E-state index in [1.54, 1.807) is 6.20 Å². The van der Waals surface area contributed by atoms with Crippen LogP contribution in [-0.2, 0) is 7.05 Å². The molecule has 0 bridgehead atoms. The number of benzene rings is 1. The third kappa shape index (κ3) is 4.56. The number of carbonyl (C=O) groups excluding carboxylic acids is 1. The molecular formula is C21H23AsCl2N3O. The first-order valence-electron chi connectivity index (χ1n) is 9.34. The predicted molar refractivity (Wildman–Crippen MR) is 119 cm³/mol. The minimum atomic E-state index is -0.297. The second kappa shape index (κ2) is 9.34. The topological polar surface area (TPSA) is 46.9 Å². The van der Waals surface area contributed by atoms with Gasteiger partial charge in [-0.25, -0.2) is 0 Å². The fourth-order valence-electron chi connectivity index (χ4n) is 3.73.